The van der Waals surface area contributed by atoms with E-state index in [2.05, 4.69) is 10.3 Å². The van der Waals surface area contributed by atoms with Gasteiger partial charge in [-0.2, -0.15) is 0 Å². The number of carbonyl (C=O) groups excluding carboxylic acids is 2. The number of amides is 2. The number of thiazole rings is 1. The number of hydrogen-bond acceptors (Lipinski definition) is 5. The minimum absolute atomic E-state index is 0.0331. The van der Waals surface area contributed by atoms with Gasteiger partial charge in [-0.3, -0.25) is 9.59 Å². The molecule has 0 saturated heterocycles. The van der Waals surface area contributed by atoms with Crippen LogP contribution in [0.15, 0.2) is 53.4 Å². The van der Waals surface area contributed by atoms with Crippen LogP contribution < -0.4 is 10.1 Å². The molecule has 0 aliphatic carbocycles. The second-order valence-corrected chi connectivity index (χ2v) is 7.49. The van der Waals surface area contributed by atoms with Crippen LogP contribution in [0.4, 0.5) is 5.69 Å². The van der Waals surface area contributed by atoms with E-state index in [4.69, 9.17) is 4.74 Å². The first-order chi connectivity index (χ1) is 13.9. The molecule has 0 spiro atoms. The van der Waals surface area contributed by atoms with Crippen molar-refractivity contribution in [3.05, 3.63) is 75.7 Å². The minimum atomic E-state index is -0.235. The van der Waals surface area contributed by atoms with Gasteiger partial charge in [-0.25, -0.2) is 4.98 Å². The summed E-state index contributed by atoms with van der Waals surface area (Å²) in [5.41, 5.74) is 5.88. The van der Waals surface area contributed by atoms with E-state index in [1.807, 2.05) is 37.4 Å². The van der Waals surface area contributed by atoms with E-state index < -0.39 is 0 Å². The molecule has 0 aliphatic rings. The zero-order chi connectivity index (χ0) is 20.8. The van der Waals surface area contributed by atoms with Crippen LogP contribution in [0.5, 0.6) is 5.75 Å². The summed E-state index contributed by atoms with van der Waals surface area (Å²) >= 11 is 1.52. The Labute approximate surface area is 174 Å². The van der Waals surface area contributed by atoms with E-state index in [9.17, 15) is 9.59 Å². The number of aryl methyl sites for hydroxylation is 2. The van der Waals surface area contributed by atoms with Gasteiger partial charge in [0.2, 0.25) is 5.91 Å². The van der Waals surface area contributed by atoms with Crippen LogP contribution in [0.1, 0.15) is 27.2 Å². The van der Waals surface area contributed by atoms with Crippen LogP contribution in [0.2, 0.25) is 0 Å². The zero-order valence-corrected chi connectivity index (χ0v) is 17.5. The molecule has 0 aliphatic heterocycles. The topological polar surface area (TPSA) is 71.5 Å². The summed E-state index contributed by atoms with van der Waals surface area (Å²) < 4.78 is 5.65. The molecule has 0 saturated carbocycles. The van der Waals surface area contributed by atoms with Crippen LogP contribution in [0.3, 0.4) is 0 Å². The van der Waals surface area contributed by atoms with Gasteiger partial charge in [0.15, 0.2) is 0 Å². The number of aromatic nitrogens is 1. The van der Waals surface area contributed by atoms with Gasteiger partial charge in [0.1, 0.15) is 12.4 Å². The quantitative estimate of drug-likeness (QED) is 0.639. The summed E-state index contributed by atoms with van der Waals surface area (Å²) in [4.78, 5) is 30.6. The van der Waals surface area contributed by atoms with Crippen molar-refractivity contribution in [3.63, 3.8) is 0 Å². The highest BCUT2D eigenvalue weighted by Crippen LogP contribution is 2.19. The predicted molar refractivity (Wildman–Crippen MR) is 114 cm³/mol. The molecule has 7 heteroatoms. The first-order valence-electron chi connectivity index (χ1n) is 9.15. The van der Waals surface area contributed by atoms with Crippen LogP contribution in [-0.2, 0) is 11.4 Å². The fourth-order valence-electron chi connectivity index (χ4n) is 2.86. The molecule has 3 aromatic rings. The molecular weight excluding hydrogens is 386 g/mol. The first kappa shape index (κ1) is 20.5. The number of nitrogens with zero attached hydrogens (tertiary/aromatic N) is 2. The molecule has 0 radical (unpaired) electrons. The van der Waals surface area contributed by atoms with Crippen molar-refractivity contribution >= 4 is 28.8 Å². The SMILES string of the molecule is Cc1cccc(C)c1NC(=O)CN(C)C(=O)c1ccc(OCc2cscn2)cc1. The fraction of sp³-hybridized carbons (Fsp3) is 0.227. The molecule has 0 unspecified atom stereocenters. The smallest absolute Gasteiger partial charge is 0.254 e. The maximum atomic E-state index is 12.6. The molecule has 6 nitrogen and oxygen atoms in total. The molecule has 1 N–H and O–H groups in total. The Hall–Kier alpha value is -3.19. The van der Waals surface area contributed by atoms with Crippen LogP contribution in [0, 0.1) is 13.8 Å². The third-order valence-electron chi connectivity index (χ3n) is 4.44. The average Bonchev–Trinajstić information content (AvgIpc) is 3.23. The molecule has 3 rings (SSSR count). The van der Waals surface area contributed by atoms with E-state index in [1.54, 1.807) is 36.8 Å². The molecular formula is C22H23N3O3S. The highest BCUT2D eigenvalue weighted by Gasteiger charge is 2.16. The van der Waals surface area contributed by atoms with Gasteiger partial charge in [0.25, 0.3) is 5.91 Å². The molecule has 0 fully saturated rings. The largest absolute Gasteiger partial charge is 0.487 e. The van der Waals surface area contributed by atoms with Crippen molar-refractivity contribution in [1.29, 1.82) is 0 Å². The lowest BCUT2D eigenvalue weighted by Crippen LogP contribution is -2.35. The zero-order valence-electron chi connectivity index (χ0n) is 16.6. The summed E-state index contributed by atoms with van der Waals surface area (Å²) in [7, 11) is 1.61. The predicted octanol–water partition coefficient (Wildman–Crippen LogP) is 4.05. The van der Waals surface area contributed by atoms with Gasteiger partial charge >= 0.3 is 0 Å². The monoisotopic (exact) mass is 409 g/mol. The van der Waals surface area contributed by atoms with Crippen molar-refractivity contribution in [2.45, 2.75) is 20.5 Å². The lowest BCUT2D eigenvalue weighted by atomic mass is 10.1. The van der Waals surface area contributed by atoms with Crippen molar-refractivity contribution in [2.75, 3.05) is 18.9 Å². The Balaban J connectivity index is 1.55. The highest BCUT2D eigenvalue weighted by atomic mass is 32.1. The van der Waals surface area contributed by atoms with E-state index in [0.717, 1.165) is 22.5 Å². The molecule has 2 amide bonds. The standard InChI is InChI=1S/C22H23N3O3S/c1-15-5-4-6-16(2)21(15)24-20(26)11-25(3)22(27)17-7-9-19(10-8-17)28-12-18-13-29-14-23-18/h4-10,13-14H,11-12H2,1-3H3,(H,24,26). The maximum Gasteiger partial charge on any atom is 0.254 e. The summed E-state index contributed by atoms with van der Waals surface area (Å²) in [5, 5.41) is 4.82. The minimum Gasteiger partial charge on any atom is -0.487 e. The lowest BCUT2D eigenvalue weighted by Gasteiger charge is -2.18. The number of para-hydroxylation sites is 1. The van der Waals surface area contributed by atoms with Crippen molar-refractivity contribution in [2.24, 2.45) is 0 Å². The third-order valence-corrected chi connectivity index (χ3v) is 5.08. The number of carbonyl (C=O) groups is 2. The summed E-state index contributed by atoms with van der Waals surface area (Å²) in [6.45, 7) is 4.23. The lowest BCUT2D eigenvalue weighted by molar-refractivity contribution is -0.116. The second-order valence-electron chi connectivity index (χ2n) is 6.77. The number of hydrogen-bond donors (Lipinski definition) is 1. The van der Waals surface area contributed by atoms with Gasteiger partial charge < -0.3 is 15.0 Å². The van der Waals surface area contributed by atoms with Gasteiger partial charge in [-0.05, 0) is 49.2 Å². The Bertz CT molecular complexity index is 965. The molecule has 150 valence electrons. The van der Waals surface area contributed by atoms with E-state index in [-0.39, 0.29) is 18.4 Å². The van der Waals surface area contributed by atoms with Gasteiger partial charge in [0.05, 0.1) is 17.7 Å². The number of nitrogens with one attached hydrogen (secondary N) is 1. The van der Waals surface area contributed by atoms with Gasteiger partial charge in [-0.15, -0.1) is 11.3 Å². The summed E-state index contributed by atoms with van der Waals surface area (Å²) in [6, 6.07) is 12.7. The molecule has 29 heavy (non-hydrogen) atoms. The van der Waals surface area contributed by atoms with Crippen molar-refractivity contribution in [3.8, 4) is 5.75 Å². The number of anilines is 1. The van der Waals surface area contributed by atoms with E-state index >= 15 is 0 Å². The number of benzene rings is 2. The first-order valence-corrected chi connectivity index (χ1v) is 10.1. The molecule has 0 bridgehead atoms. The molecule has 1 aromatic heterocycles. The average molecular weight is 410 g/mol. The van der Waals surface area contributed by atoms with Gasteiger partial charge in [-0.1, -0.05) is 18.2 Å². The molecule has 2 aromatic carbocycles. The molecule has 0 atom stereocenters. The summed E-state index contributed by atoms with van der Waals surface area (Å²) in [5.74, 6) is 0.194. The molecule has 1 heterocycles. The van der Waals surface area contributed by atoms with Gasteiger partial charge in [0, 0.05) is 23.7 Å². The Morgan fingerprint density at radius 2 is 1.79 bits per heavy atom. The number of rotatable bonds is 7. The third kappa shape index (κ3) is 5.42. The van der Waals surface area contributed by atoms with Crippen molar-refractivity contribution in [1.82, 2.24) is 9.88 Å². The van der Waals surface area contributed by atoms with Crippen LogP contribution in [0.25, 0.3) is 0 Å². The Morgan fingerprint density at radius 1 is 1.10 bits per heavy atom. The van der Waals surface area contributed by atoms with Crippen LogP contribution >= 0.6 is 11.3 Å². The number of likely N-dealkylation sites (N-methyl/N-ethyl adjacent to an activating group) is 1. The number of ether oxygens (including phenoxy) is 1. The Kier molecular flexibility index (Phi) is 6.61. The van der Waals surface area contributed by atoms with E-state index in [1.165, 1.54) is 16.2 Å². The Morgan fingerprint density at radius 3 is 2.41 bits per heavy atom. The van der Waals surface area contributed by atoms with Crippen molar-refractivity contribution < 1.29 is 14.3 Å². The second kappa shape index (κ2) is 9.34. The highest BCUT2D eigenvalue weighted by molar-refractivity contribution is 7.07. The van der Waals surface area contributed by atoms with Crippen LogP contribution in [-0.4, -0.2) is 35.3 Å². The van der Waals surface area contributed by atoms with E-state index in [0.29, 0.717) is 17.9 Å². The normalized spacial score (nSPS) is 10.4. The fourth-order valence-corrected chi connectivity index (χ4v) is 3.40. The summed E-state index contributed by atoms with van der Waals surface area (Å²) in [6.07, 6.45) is 0. The maximum absolute atomic E-state index is 12.6.